The molecule has 1 aliphatic heterocycles. The molecule has 0 saturated heterocycles. The van der Waals surface area contributed by atoms with Crippen LogP contribution in [-0.4, -0.2) is 22.9 Å². The summed E-state index contributed by atoms with van der Waals surface area (Å²) in [6.07, 6.45) is 1.11. The summed E-state index contributed by atoms with van der Waals surface area (Å²) in [7, 11) is 0. The highest BCUT2D eigenvalue weighted by Gasteiger charge is 2.22. The molecular formula is C20H19ClN2O3S. The van der Waals surface area contributed by atoms with Gasteiger partial charge >= 0.3 is 0 Å². The van der Waals surface area contributed by atoms with Crippen LogP contribution in [0.2, 0.25) is 5.02 Å². The normalized spacial score (nSPS) is 15.4. The molecule has 0 bridgehead atoms. The summed E-state index contributed by atoms with van der Waals surface area (Å²) in [6, 6.07) is 11.5. The number of nitrogens with zero attached hydrogens (tertiary/aromatic N) is 2. The first-order valence-corrected chi connectivity index (χ1v) is 10.2. The minimum atomic E-state index is 0.202. The third kappa shape index (κ3) is 4.06. The van der Waals surface area contributed by atoms with Crippen molar-refractivity contribution < 1.29 is 13.9 Å². The fourth-order valence-corrected chi connectivity index (χ4v) is 3.96. The van der Waals surface area contributed by atoms with E-state index in [1.165, 1.54) is 17.3 Å². The zero-order valence-electron chi connectivity index (χ0n) is 15.1. The van der Waals surface area contributed by atoms with Crippen molar-refractivity contribution in [3.63, 3.8) is 0 Å². The zero-order chi connectivity index (χ0) is 18.8. The standard InChI is InChI=1S/C20H19ClN2O3S/c1-3-24-17-9-14-7-12(2)25-18(14)10-15(17)11-27-20-23-22-19(26-20)13-5-4-6-16(21)8-13/h4-6,8-10,12H,3,7,11H2,1-2H3. The highest BCUT2D eigenvalue weighted by molar-refractivity contribution is 7.98. The highest BCUT2D eigenvalue weighted by atomic mass is 35.5. The largest absolute Gasteiger partial charge is 0.494 e. The van der Waals surface area contributed by atoms with Gasteiger partial charge in [-0.05, 0) is 44.2 Å². The van der Waals surface area contributed by atoms with Gasteiger partial charge in [-0.3, -0.25) is 0 Å². The Morgan fingerprint density at radius 1 is 1.26 bits per heavy atom. The van der Waals surface area contributed by atoms with Crippen molar-refractivity contribution in [1.29, 1.82) is 0 Å². The Morgan fingerprint density at radius 2 is 2.15 bits per heavy atom. The van der Waals surface area contributed by atoms with Crippen LogP contribution in [0.25, 0.3) is 11.5 Å². The van der Waals surface area contributed by atoms with Crippen LogP contribution in [0.5, 0.6) is 11.5 Å². The third-order valence-corrected chi connectivity index (χ3v) is 5.31. The lowest BCUT2D eigenvalue weighted by Crippen LogP contribution is -2.05. The molecule has 0 saturated carbocycles. The van der Waals surface area contributed by atoms with Crippen molar-refractivity contribution in [2.24, 2.45) is 0 Å². The van der Waals surface area contributed by atoms with Gasteiger partial charge in [0, 0.05) is 33.9 Å². The van der Waals surface area contributed by atoms with E-state index in [1.54, 1.807) is 6.07 Å². The molecule has 140 valence electrons. The van der Waals surface area contributed by atoms with E-state index in [4.69, 9.17) is 25.5 Å². The Kier molecular flexibility index (Phi) is 5.27. The summed E-state index contributed by atoms with van der Waals surface area (Å²) in [6.45, 7) is 4.68. The van der Waals surface area contributed by atoms with Gasteiger partial charge in [0.2, 0.25) is 5.89 Å². The fraction of sp³-hybridized carbons (Fsp3) is 0.300. The predicted octanol–water partition coefficient (Wildman–Crippen LogP) is 5.40. The monoisotopic (exact) mass is 402 g/mol. The van der Waals surface area contributed by atoms with E-state index < -0.39 is 0 Å². The Hall–Kier alpha value is -2.18. The van der Waals surface area contributed by atoms with Gasteiger partial charge in [0.25, 0.3) is 5.22 Å². The zero-order valence-corrected chi connectivity index (χ0v) is 16.6. The van der Waals surface area contributed by atoms with E-state index in [2.05, 4.69) is 29.3 Å². The van der Waals surface area contributed by atoms with Crippen molar-refractivity contribution in [2.45, 2.75) is 37.3 Å². The van der Waals surface area contributed by atoms with Crippen molar-refractivity contribution in [1.82, 2.24) is 10.2 Å². The second kappa shape index (κ2) is 7.82. The second-order valence-corrected chi connectivity index (χ2v) is 7.67. The number of hydrogen-bond donors (Lipinski definition) is 0. The predicted molar refractivity (Wildman–Crippen MR) is 106 cm³/mol. The van der Waals surface area contributed by atoms with Crippen LogP contribution in [0.3, 0.4) is 0 Å². The average molecular weight is 403 g/mol. The number of aromatic nitrogens is 2. The maximum atomic E-state index is 6.03. The molecule has 0 N–H and O–H groups in total. The lowest BCUT2D eigenvalue weighted by molar-refractivity contribution is 0.254. The van der Waals surface area contributed by atoms with Crippen LogP contribution >= 0.6 is 23.4 Å². The van der Waals surface area contributed by atoms with Crippen LogP contribution in [0.1, 0.15) is 25.0 Å². The number of benzene rings is 2. The first-order chi connectivity index (χ1) is 13.1. The summed E-state index contributed by atoms with van der Waals surface area (Å²) >= 11 is 7.50. The summed E-state index contributed by atoms with van der Waals surface area (Å²) in [5.74, 6) is 2.93. The van der Waals surface area contributed by atoms with Crippen LogP contribution in [0, 0.1) is 0 Å². The maximum Gasteiger partial charge on any atom is 0.277 e. The third-order valence-electron chi connectivity index (χ3n) is 4.21. The summed E-state index contributed by atoms with van der Waals surface area (Å²) in [4.78, 5) is 0. The Morgan fingerprint density at radius 3 is 2.96 bits per heavy atom. The molecule has 7 heteroatoms. The molecule has 0 amide bonds. The lowest BCUT2D eigenvalue weighted by Gasteiger charge is -2.11. The molecule has 0 spiro atoms. The van der Waals surface area contributed by atoms with Gasteiger partial charge in [-0.15, -0.1) is 10.2 Å². The van der Waals surface area contributed by atoms with Gasteiger partial charge in [-0.2, -0.15) is 0 Å². The van der Waals surface area contributed by atoms with E-state index in [0.29, 0.717) is 28.5 Å². The summed E-state index contributed by atoms with van der Waals surface area (Å²) < 4.78 is 17.5. The maximum absolute atomic E-state index is 6.03. The Balaban J connectivity index is 1.51. The van der Waals surface area contributed by atoms with Crippen LogP contribution < -0.4 is 9.47 Å². The summed E-state index contributed by atoms with van der Waals surface area (Å²) in [5, 5.41) is 9.38. The van der Waals surface area contributed by atoms with Gasteiger partial charge in [-0.1, -0.05) is 29.4 Å². The Bertz CT molecular complexity index is 960. The minimum Gasteiger partial charge on any atom is -0.494 e. The number of ether oxygens (including phenoxy) is 2. The SMILES string of the molecule is CCOc1cc2c(cc1CSc1nnc(-c3cccc(Cl)c3)o1)OC(C)C2. The van der Waals surface area contributed by atoms with Crippen molar-refractivity contribution in [3.8, 4) is 23.0 Å². The molecule has 27 heavy (non-hydrogen) atoms. The smallest absolute Gasteiger partial charge is 0.277 e. The van der Waals surface area contributed by atoms with E-state index in [1.807, 2.05) is 25.1 Å². The number of thioether (sulfide) groups is 1. The van der Waals surface area contributed by atoms with Crippen LogP contribution in [-0.2, 0) is 12.2 Å². The number of halogens is 1. The van der Waals surface area contributed by atoms with Gasteiger partial charge in [0.15, 0.2) is 0 Å². The van der Waals surface area contributed by atoms with Crippen molar-refractivity contribution in [2.75, 3.05) is 6.61 Å². The molecule has 2 aromatic carbocycles. The van der Waals surface area contributed by atoms with E-state index >= 15 is 0 Å². The molecule has 4 rings (SSSR count). The first-order valence-electron chi connectivity index (χ1n) is 8.80. The van der Waals surface area contributed by atoms with Gasteiger partial charge in [0.05, 0.1) is 6.61 Å². The molecule has 1 atom stereocenters. The quantitative estimate of drug-likeness (QED) is 0.514. The average Bonchev–Trinajstić information content (AvgIpc) is 3.25. The number of hydrogen-bond acceptors (Lipinski definition) is 6. The Labute approximate surface area is 167 Å². The van der Waals surface area contributed by atoms with Gasteiger partial charge in [-0.25, -0.2) is 0 Å². The van der Waals surface area contributed by atoms with Crippen LogP contribution in [0.15, 0.2) is 46.0 Å². The number of rotatable bonds is 6. The molecule has 0 aliphatic carbocycles. The fourth-order valence-electron chi connectivity index (χ4n) is 3.03. The number of fused-ring (bicyclic) bond motifs is 1. The molecule has 1 aromatic heterocycles. The van der Waals surface area contributed by atoms with E-state index in [-0.39, 0.29) is 6.10 Å². The molecule has 5 nitrogen and oxygen atoms in total. The molecule has 1 unspecified atom stereocenters. The minimum absolute atomic E-state index is 0.202. The molecule has 0 fully saturated rings. The molecule has 2 heterocycles. The van der Waals surface area contributed by atoms with Crippen molar-refractivity contribution in [3.05, 3.63) is 52.5 Å². The van der Waals surface area contributed by atoms with Crippen LogP contribution in [0.4, 0.5) is 0 Å². The second-order valence-electron chi connectivity index (χ2n) is 6.31. The molecule has 3 aromatic rings. The highest BCUT2D eigenvalue weighted by Crippen LogP contribution is 2.37. The van der Waals surface area contributed by atoms with Gasteiger partial charge in [0.1, 0.15) is 17.6 Å². The first kappa shape index (κ1) is 18.2. The molecule has 1 aliphatic rings. The van der Waals surface area contributed by atoms with Gasteiger partial charge < -0.3 is 13.9 Å². The molecular weight excluding hydrogens is 384 g/mol. The lowest BCUT2D eigenvalue weighted by atomic mass is 10.1. The van der Waals surface area contributed by atoms with Crippen molar-refractivity contribution >= 4 is 23.4 Å². The van der Waals surface area contributed by atoms with E-state index in [9.17, 15) is 0 Å². The summed E-state index contributed by atoms with van der Waals surface area (Å²) in [5.41, 5.74) is 3.05. The molecule has 0 radical (unpaired) electrons. The topological polar surface area (TPSA) is 57.4 Å². The van der Waals surface area contributed by atoms with E-state index in [0.717, 1.165) is 29.0 Å².